The van der Waals surface area contributed by atoms with Gasteiger partial charge in [0.05, 0.1) is 13.7 Å². The van der Waals surface area contributed by atoms with Crippen LogP contribution in [0, 0.1) is 0 Å². The Morgan fingerprint density at radius 1 is 0.857 bits per heavy atom. The molecule has 2 aromatic heterocycles. The Hall–Kier alpha value is -3.68. The monoisotopic (exact) mass is 378 g/mol. The molecule has 8 heteroatoms. The second kappa shape index (κ2) is 7.91. The number of hydrogen-bond donors (Lipinski definition) is 0. The summed E-state index contributed by atoms with van der Waals surface area (Å²) in [6.07, 6.45) is 0.257. The van der Waals surface area contributed by atoms with Crippen molar-refractivity contribution in [1.82, 2.24) is 20.3 Å². The summed E-state index contributed by atoms with van der Waals surface area (Å²) >= 11 is 0. The summed E-state index contributed by atoms with van der Waals surface area (Å²) < 4.78 is 21.6. The first kappa shape index (κ1) is 17.7. The number of ether oxygens (including phenoxy) is 2. The fraction of sp³-hybridized carbons (Fsp3) is 0.200. The number of rotatable bonds is 7. The van der Waals surface area contributed by atoms with Crippen molar-refractivity contribution >= 4 is 0 Å². The van der Waals surface area contributed by atoms with Crippen LogP contribution in [-0.4, -0.2) is 34.1 Å². The third kappa shape index (κ3) is 3.85. The molecule has 28 heavy (non-hydrogen) atoms. The largest absolute Gasteiger partial charge is 0.497 e. The fourth-order valence-electron chi connectivity index (χ4n) is 2.62. The highest BCUT2D eigenvalue weighted by Crippen LogP contribution is 2.23. The van der Waals surface area contributed by atoms with Crippen LogP contribution in [0.15, 0.2) is 57.5 Å². The van der Waals surface area contributed by atoms with Crippen molar-refractivity contribution in [1.29, 1.82) is 0 Å². The zero-order valence-corrected chi connectivity index (χ0v) is 15.5. The molecule has 0 saturated carbocycles. The highest BCUT2D eigenvalue weighted by atomic mass is 16.5. The van der Waals surface area contributed by atoms with E-state index < -0.39 is 0 Å². The van der Waals surface area contributed by atoms with Gasteiger partial charge in [0.1, 0.15) is 17.9 Å². The molecule has 0 radical (unpaired) electrons. The van der Waals surface area contributed by atoms with Gasteiger partial charge < -0.3 is 18.4 Å². The molecule has 0 atom stereocenters. The van der Waals surface area contributed by atoms with Gasteiger partial charge in [0, 0.05) is 11.1 Å². The normalized spacial score (nSPS) is 10.8. The molecule has 142 valence electrons. The first-order valence-electron chi connectivity index (χ1n) is 8.78. The van der Waals surface area contributed by atoms with Crippen molar-refractivity contribution < 1.29 is 18.4 Å². The molecule has 0 fully saturated rings. The van der Waals surface area contributed by atoms with E-state index in [1.54, 1.807) is 7.11 Å². The van der Waals surface area contributed by atoms with Crippen LogP contribution < -0.4 is 9.47 Å². The molecule has 0 amide bonds. The van der Waals surface area contributed by atoms with Gasteiger partial charge in [-0.2, -0.15) is 4.98 Å². The summed E-state index contributed by atoms with van der Waals surface area (Å²) in [5.41, 5.74) is 1.64. The van der Waals surface area contributed by atoms with Crippen LogP contribution in [0.3, 0.4) is 0 Å². The highest BCUT2D eigenvalue weighted by Gasteiger charge is 2.14. The van der Waals surface area contributed by atoms with E-state index in [4.69, 9.17) is 18.4 Å². The number of hydrogen-bond acceptors (Lipinski definition) is 8. The van der Waals surface area contributed by atoms with Crippen LogP contribution in [0.25, 0.3) is 22.8 Å². The van der Waals surface area contributed by atoms with Crippen molar-refractivity contribution in [2.75, 3.05) is 13.7 Å². The van der Waals surface area contributed by atoms with Crippen molar-refractivity contribution in [2.24, 2.45) is 0 Å². The molecule has 0 aliphatic rings. The van der Waals surface area contributed by atoms with Crippen LogP contribution in [0.2, 0.25) is 0 Å². The lowest BCUT2D eigenvalue weighted by Gasteiger charge is -2.02. The van der Waals surface area contributed by atoms with Gasteiger partial charge in [-0.1, -0.05) is 5.16 Å². The average molecular weight is 378 g/mol. The molecule has 8 nitrogen and oxygen atoms in total. The lowest BCUT2D eigenvalue weighted by molar-refractivity contribution is 0.340. The van der Waals surface area contributed by atoms with Crippen LogP contribution >= 0.6 is 0 Å². The van der Waals surface area contributed by atoms with Crippen molar-refractivity contribution in [2.45, 2.75) is 13.3 Å². The molecular formula is C20H18N4O4. The molecule has 4 rings (SSSR count). The third-order valence-electron chi connectivity index (χ3n) is 4.00. The maximum absolute atomic E-state index is 5.70. The van der Waals surface area contributed by atoms with Gasteiger partial charge in [-0.3, -0.25) is 0 Å². The molecule has 0 saturated heterocycles. The summed E-state index contributed by atoms with van der Waals surface area (Å²) in [6.45, 7) is 2.56. The molecule has 2 aromatic carbocycles. The second-order valence-electron chi connectivity index (χ2n) is 5.88. The van der Waals surface area contributed by atoms with Gasteiger partial charge in [-0.15, -0.1) is 10.2 Å². The Balaban J connectivity index is 1.46. The van der Waals surface area contributed by atoms with E-state index in [0.717, 1.165) is 22.6 Å². The van der Waals surface area contributed by atoms with Crippen molar-refractivity contribution in [3.05, 3.63) is 60.3 Å². The topological polar surface area (TPSA) is 96.3 Å². The van der Waals surface area contributed by atoms with Gasteiger partial charge >= 0.3 is 0 Å². The summed E-state index contributed by atoms with van der Waals surface area (Å²) in [5, 5.41) is 12.1. The molecular weight excluding hydrogens is 360 g/mol. The van der Waals surface area contributed by atoms with Crippen molar-refractivity contribution in [3.8, 4) is 34.3 Å². The minimum atomic E-state index is 0.257. The van der Waals surface area contributed by atoms with E-state index in [1.807, 2.05) is 55.5 Å². The van der Waals surface area contributed by atoms with E-state index in [9.17, 15) is 0 Å². The average Bonchev–Trinajstić information content (AvgIpc) is 3.39. The molecule has 0 aliphatic carbocycles. The second-order valence-corrected chi connectivity index (χ2v) is 5.88. The van der Waals surface area contributed by atoms with E-state index in [-0.39, 0.29) is 6.42 Å². The minimum Gasteiger partial charge on any atom is -0.497 e. The SMILES string of the molecule is CCOc1ccc(-c2noc(Cc3nnc(-c4ccc(OC)cc4)o3)n2)cc1. The molecule has 0 spiro atoms. The Kier molecular flexibility index (Phi) is 5.01. The van der Waals surface area contributed by atoms with E-state index in [1.165, 1.54) is 0 Å². The maximum Gasteiger partial charge on any atom is 0.247 e. The minimum absolute atomic E-state index is 0.257. The van der Waals surface area contributed by atoms with E-state index >= 15 is 0 Å². The molecule has 4 aromatic rings. The van der Waals surface area contributed by atoms with Crippen molar-refractivity contribution in [3.63, 3.8) is 0 Å². The Morgan fingerprint density at radius 3 is 2.29 bits per heavy atom. The molecule has 0 N–H and O–H groups in total. The standard InChI is InChI=1S/C20H18N4O4/c1-3-26-16-10-4-13(5-11-16)19-21-17(28-24-19)12-18-22-23-20(27-18)14-6-8-15(25-2)9-7-14/h4-11H,3,12H2,1-2H3. The van der Waals surface area contributed by atoms with Gasteiger partial charge in [0.2, 0.25) is 23.5 Å². The zero-order chi connectivity index (χ0) is 19.3. The van der Waals surface area contributed by atoms with Crippen LogP contribution in [-0.2, 0) is 6.42 Å². The predicted molar refractivity (Wildman–Crippen MR) is 100.0 cm³/mol. The van der Waals surface area contributed by atoms with Gasteiger partial charge in [-0.25, -0.2) is 0 Å². The fourth-order valence-corrected chi connectivity index (χ4v) is 2.62. The molecule has 2 heterocycles. The summed E-state index contributed by atoms with van der Waals surface area (Å²) in [6, 6.07) is 14.9. The van der Waals surface area contributed by atoms with Crippen LogP contribution in [0.4, 0.5) is 0 Å². The smallest absolute Gasteiger partial charge is 0.247 e. The van der Waals surface area contributed by atoms with Gasteiger partial charge in [-0.05, 0) is 55.5 Å². The number of benzene rings is 2. The van der Waals surface area contributed by atoms with Gasteiger partial charge in [0.15, 0.2) is 0 Å². The van der Waals surface area contributed by atoms with Crippen LogP contribution in [0.1, 0.15) is 18.7 Å². The zero-order valence-electron chi connectivity index (χ0n) is 15.5. The van der Waals surface area contributed by atoms with Gasteiger partial charge in [0.25, 0.3) is 0 Å². The van der Waals surface area contributed by atoms with E-state index in [0.29, 0.717) is 30.1 Å². The van der Waals surface area contributed by atoms with E-state index in [2.05, 4.69) is 20.3 Å². The Bertz CT molecular complexity index is 1040. The number of methoxy groups -OCH3 is 1. The highest BCUT2D eigenvalue weighted by molar-refractivity contribution is 5.56. The quantitative estimate of drug-likeness (QED) is 0.479. The molecule has 0 bridgehead atoms. The first-order valence-corrected chi connectivity index (χ1v) is 8.78. The number of aromatic nitrogens is 4. The van der Waals surface area contributed by atoms with Crippen LogP contribution in [0.5, 0.6) is 11.5 Å². The third-order valence-corrected chi connectivity index (χ3v) is 4.00. The predicted octanol–water partition coefficient (Wildman–Crippen LogP) is 3.78. The Morgan fingerprint density at radius 2 is 1.57 bits per heavy atom. The summed E-state index contributed by atoms with van der Waals surface area (Å²) in [4.78, 5) is 4.39. The first-order chi connectivity index (χ1) is 13.7. The Labute approximate surface area is 161 Å². The lowest BCUT2D eigenvalue weighted by Crippen LogP contribution is -1.91. The number of nitrogens with zero attached hydrogens (tertiary/aromatic N) is 4. The molecule has 0 aliphatic heterocycles. The summed E-state index contributed by atoms with van der Waals surface area (Å²) in [5.74, 6) is 3.27. The lowest BCUT2D eigenvalue weighted by atomic mass is 10.2. The molecule has 0 unspecified atom stereocenters. The maximum atomic E-state index is 5.70. The summed E-state index contributed by atoms with van der Waals surface area (Å²) in [7, 11) is 1.62.